The van der Waals surface area contributed by atoms with E-state index in [1.165, 1.54) is 6.07 Å². The molecule has 0 aliphatic carbocycles. The van der Waals surface area contributed by atoms with Crippen molar-refractivity contribution in [2.45, 2.75) is 6.61 Å². The molecule has 0 unspecified atom stereocenters. The van der Waals surface area contributed by atoms with E-state index in [2.05, 4.69) is 15.9 Å². The van der Waals surface area contributed by atoms with Crippen molar-refractivity contribution in [1.29, 1.82) is 0 Å². The third-order valence-corrected chi connectivity index (χ3v) is 2.84. The van der Waals surface area contributed by atoms with Gasteiger partial charge >= 0.3 is 0 Å². The van der Waals surface area contributed by atoms with Crippen LogP contribution in [0.2, 0.25) is 0 Å². The molecule has 0 radical (unpaired) electrons. The highest BCUT2D eigenvalue weighted by atomic mass is 79.9. The van der Waals surface area contributed by atoms with Crippen LogP contribution in [-0.2, 0) is 6.61 Å². The van der Waals surface area contributed by atoms with E-state index in [-0.39, 0.29) is 12.4 Å². The largest absolute Gasteiger partial charge is 0.457 e. The highest BCUT2D eigenvalue weighted by Crippen LogP contribution is 2.26. The van der Waals surface area contributed by atoms with Gasteiger partial charge < -0.3 is 9.84 Å². The topological polar surface area (TPSA) is 29.5 Å². The van der Waals surface area contributed by atoms with Crippen molar-refractivity contribution in [1.82, 2.24) is 0 Å². The number of benzene rings is 2. The maximum Gasteiger partial charge on any atom is 0.137 e. The summed E-state index contributed by atoms with van der Waals surface area (Å²) in [5.41, 5.74) is 0.817. The van der Waals surface area contributed by atoms with E-state index in [1.54, 1.807) is 36.4 Å². The van der Waals surface area contributed by atoms with Crippen molar-refractivity contribution < 1.29 is 14.2 Å². The Bertz CT molecular complexity index is 511. The summed E-state index contributed by atoms with van der Waals surface area (Å²) in [6, 6.07) is 11.5. The molecule has 0 saturated heterocycles. The normalized spacial score (nSPS) is 10.3. The van der Waals surface area contributed by atoms with Gasteiger partial charge in [-0.05, 0) is 51.8 Å². The summed E-state index contributed by atoms with van der Waals surface area (Å²) < 4.78 is 18.9. The van der Waals surface area contributed by atoms with Crippen LogP contribution < -0.4 is 4.74 Å². The highest BCUT2D eigenvalue weighted by molar-refractivity contribution is 9.10. The smallest absolute Gasteiger partial charge is 0.137 e. The van der Waals surface area contributed by atoms with Crippen LogP contribution in [0.3, 0.4) is 0 Å². The first-order valence-corrected chi connectivity index (χ1v) is 5.81. The van der Waals surface area contributed by atoms with Crippen molar-refractivity contribution >= 4 is 15.9 Å². The Kier molecular flexibility index (Phi) is 3.76. The molecular formula is C13H10BrFO2. The van der Waals surface area contributed by atoms with Crippen LogP contribution in [0.1, 0.15) is 5.56 Å². The Hall–Kier alpha value is -1.39. The fraction of sp³-hybridized carbons (Fsp3) is 0.0769. The molecule has 0 aliphatic rings. The molecule has 2 aromatic carbocycles. The van der Waals surface area contributed by atoms with Gasteiger partial charge in [0.15, 0.2) is 0 Å². The van der Waals surface area contributed by atoms with Gasteiger partial charge in [0.2, 0.25) is 0 Å². The SMILES string of the molecule is OCc1ccc(Oc2ccc(F)c(Br)c2)cc1. The molecule has 4 heteroatoms. The molecule has 88 valence electrons. The van der Waals surface area contributed by atoms with Gasteiger partial charge in [-0.15, -0.1) is 0 Å². The zero-order chi connectivity index (χ0) is 12.3. The molecule has 0 atom stereocenters. The van der Waals surface area contributed by atoms with Gasteiger partial charge in [0.1, 0.15) is 17.3 Å². The van der Waals surface area contributed by atoms with Crippen LogP contribution in [0.4, 0.5) is 4.39 Å². The standard InChI is InChI=1S/C13H10BrFO2/c14-12-7-11(5-6-13(12)15)17-10-3-1-9(8-16)2-4-10/h1-7,16H,8H2. The molecule has 0 spiro atoms. The Balaban J connectivity index is 2.16. The lowest BCUT2D eigenvalue weighted by molar-refractivity contribution is 0.281. The Morgan fingerprint density at radius 2 is 1.71 bits per heavy atom. The van der Waals surface area contributed by atoms with Crippen LogP contribution in [0.5, 0.6) is 11.5 Å². The number of aliphatic hydroxyl groups excluding tert-OH is 1. The van der Waals surface area contributed by atoms with Crippen molar-refractivity contribution in [2.75, 3.05) is 0 Å². The van der Waals surface area contributed by atoms with E-state index in [9.17, 15) is 4.39 Å². The van der Waals surface area contributed by atoms with Crippen LogP contribution in [0.15, 0.2) is 46.9 Å². The summed E-state index contributed by atoms with van der Waals surface area (Å²) in [7, 11) is 0. The number of aliphatic hydroxyl groups is 1. The molecule has 0 aromatic heterocycles. The third-order valence-electron chi connectivity index (χ3n) is 2.23. The molecule has 0 bridgehead atoms. The minimum absolute atomic E-state index is 0.00236. The second kappa shape index (κ2) is 5.29. The van der Waals surface area contributed by atoms with Gasteiger partial charge in [0.25, 0.3) is 0 Å². The van der Waals surface area contributed by atoms with E-state index in [0.717, 1.165) is 5.56 Å². The van der Waals surface area contributed by atoms with Crippen LogP contribution in [0.25, 0.3) is 0 Å². The molecule has 17 heavy (non-hydrogen) atoms. The van der Waals surface area contributed by atoms with Gasteiger partial charge in [0, 0.05) is 0 Å². The fourth-order valence-electron chi connectivity index (χ4n) is 1.34. The van der Waals surface area contributed by atoms with Gasteiger partial charge in [-0.1, -0.05) is 12.1 Å². The van der Waals surface area contributed by atoms with Crippen LogP contribution in [-0.4, -0.2) is 5.11 Å². The second-order valence-corrected chi connectivity index (χ2v) is 4.33. The summed E-state index contributed by atoms with van der Waals surface area (Å²) in [5, 5.41) is 8.90. The second-order valence-electron chi connectivity index (χ2n) is 3.48. The maximum absolute atomic E-state index is 13.0. The molecule has 0 aliphatic heterocycles. The lowest BCUT2D eigenvalue weighted by atomic mass is 10.2. The molecule has 0 amide bonds. The van der Waals surface area contributed by atoms with E-state index < -0.39 is 0 Å². The van der Waals surface area contributed by atoms with E-state index in [4.69, 9.17) is 9.84 Å². The number of hydrogen-bond acceptors (Lipinski definition) is 2. The van der Waals surface area contributed by atoms with Crippen LogP contribution in [0, 0.1) is 5.82 Å². The monoisotopic (exact) mass is 296 g/mol. The molecule has 0 heterocycles. The van der Waals surface area contributed by atoms with Gasteiger partial charge in [0.05, 0.1) is 11.1 Å². The molecule has 2 aromatic rings. The molecule has 0 fully saturated rings. The van der Waals surface area contributed by atoms with E-state index in [1.807, 2.05) is 0 Å². The maximum atomic E-state index is 13.0. The third kappa shape index (κ3) is 3.05. The lowest BCUT2D eigenvalue weighted by Gasteiger charge is -2.06. The molecule has 1 N–H and O–H groups in total. The Labute approximate surface area is 107 Å². The molecule has 0 saturated carbocycles. The van der Waals surface area contributed by atoms with Crippen molar-refractivity contribution in [3.63, 3.8) is 0 Å². The van der Waals surface area contributed by atoms with Crippen LogP contribution >= 0.6 is 15.9 Å². The number of halogens is 2. The summed E-state index contributed by atoms with van der Waals surface area (Å²) in [6.07, 6.45) is 0. The van der Waals surface area contributed by atoms with Gasteiger partial charge in [-0.25, -0.2) is 4.39 Å². The molecule has 2 rings (SSSR count). The summed E-state index contributed by atoms with van der Waals surface area (Å²) >= 11 is 3.09. The zero-order valence-corrected chi connectivity index (χ0v) is 10.4. The summed E-state index contributed by atoms with van der Waals surface area (Å²) in [5.74, 6) is 0.865. The Morgan fingerprint density at radius 1 is 1.06 bits per heavy atom. The lowest BCUT2D eigenvalue weighted by Crippen LogP contribution is -1.87. The fourth-order valence-corrected chi connectivity index (χ4v) is 1.70. The van der Waals surface area contributed by atoms with Crippen molar-refractivity contribution in [3.05, 3.63) is 58.3 Å². The first-order chi connectivity index (χ1) is 8.19. The Morgan fingerprint density at radius 3 is 2.29 bits per heavy atom. The minimum atomic E-state index is -0.326. The average Bonchev–Trinajstić information content (AvgIpc) is 2.35. The molecular weight excluding hydrogens is 287 g/mol. The first-order valence-electron chi connectivity index (χ1n) is 5.02. The summed E-state index contributed by atoms with van der Waals surface area (Å²) in [6.45, 7) is 0.00236. The highest BCUT2D eigenvalue weighted by Gasteiger charge is 2.02. The quantitative estimate of drug-likeness (QED) is 0.931. The van der Waals surface area contributed by atoms with E-state index in [0.29, 0.717) is 16.0 Å². The van der Waals surface area contributed by atoms with Crippen molar-refractivity contribution in [3.8, 4) is 11.5 Å². The molecule has 2 nitrogen and oxygen atoms in total. The number of rotatable bonds is 3. The first kappa shape index (κ1) is 12.1. The minimum Gasteiger partial charge on any atom is -0.457 e. The zero-order valence-electron chi connectivity index (χ0n) is 8.86. The summed E-state index contributed by atoms with van der Waals surface area (Å²) in [4.78, 5) is 0. The average molecular weight is 297 g/mol. The van der Waals surface area contributed by atoms with Gasteiger partial charge in [-0.3, -0.25) is 0 Å². The predicted molar refractivity (Wildman–Crippen MR) is 66.5 cm³/mol. The van der Waals surface area contributed by atoms with Crippen molar-refractivity contribution in [2.24, 2.45) is 0 Å². The predicted octanol–water partition coefficient (Wildman–Crippen LogP) is 3.87. The number of hydrogen-bond donors (Lipinski definition) is 1. The number of ether oxygens (including phenoxy) is 1. The van der Waals surface area contributed by atoms with E-state index >= 15 is 0 Å². The van der Waals surface area contributed by atoms with Gasteiger partial charge in [-0.2, -0.15) is 0 Å².